The Morgan fingerprint density at radius 2 is 1.76 bits per heavy atom. The Bertz CT molecular complexity index is 974. The van der Waals surface area contributed by atoms with E-state index >= 15 is 0 Å². The van der Waals surface area contributed by atoms with Crippen molar-refractivity contribution in [2.45, 2.75) is 31.7 Å². The lowest BCUT2D eigenvalue weighted by Crippen LogP contribution is -2.39. The van der Waals surface area contributed by atoms with E-state index in [9.17, 15) is 9.18 Å². The number of benzene rings is 2. The number of hydrogen-bond donors (Lipinski definition) is 1. The Morgan fingerprint density at radius 3 is 2.48 bits per heavy atom. The summed E-state index contributed by atoms with van der Waals surface area (Å²) in [5.41, 5.74) is 2.63. The van der Waals surface area contributed by atoms with E-state index in [4.69, 9.17) is 0 Å². The van der Waals surface area contributed by atoms with Crippen molar-refractivity contribution in [1.82, 2.24) is 14.8 Å². The van der Waals surface area contributed by atoms with Gasteiger partial charge in [-0.3, -0.25) is 9.69 Å². The van der Waals surface area contributed by atoms with Crippen molar-refractivity contribution in [3.63, 3.8) is 0 Å². The van der Waals surface area contributed by atoms with Gasteiger partial charge in [0.05, 0.1) is 6.04 Å². The minimum atomic E-state index is -0.291. The second-order valence-electron chi connectivity index (χ2n) is 7.88. The number of nitrogens with zero attached hydrogens (tertiary/aromatic N) is 2. The van der Waals surface area contributed by atoms with Crippen LogP contribution in [0.15, 0.2) is 54.6 Å². The van der Waals surface area contributed by atoms with E-state index in [0.29, 0.717) is 12.2 Å². The molecule has 2 heterocycles. The molecule has 152 valence electrons. The highest BCUT2D eigenvalue weighted by atomic mass is 19.1. The monoisotopic (exact) mass is 393 g/mol. The molecule has 1 aliphatic rings. The smallest absolute Gasteiger partial charge is 0.267 e. The van der Waals surface area contributed by atoms with Gasteiger partial charge in [-0.05, 0) is 55.8 Å². The average Bonchev–Trinajstić information content (AvgIpc) is 2.90. The predicted molar refractivity (Wildman–Crippen MR) is 114 cm³/mol. The van der Waals surface area contributed by atoms with Gasteiger partial charge in [0.25, 0.3) is 5.91 Å². The van der Waals surface area contributed by atoms with E-state index in [0.717, 1.165) is 24.0 Å². The standard InChI is InChI=1S/C24H28FN3O/c1-27-21-12-11-20(25)15-19(21)16-22(27)24(29)26-17-23(18-9-5-4-6-10-18)28-13-7-2-3-8-14-28/h4-6,9-12,15-16,23H,2-3,7-8,13-14,17H2,1H3,(H,26,29)/t23-/m1/s1. The Morgan fingerprint density at radius 1 is 1.03 bits per heavy atom. The van der Waals surface area contributed by atoms with E-state index in [2.05, 4.69) is 34.5 Å². The van der Waals surface area contributed by atoms with E-state index in [1.54, 1.807) is 12.1 Å². The van der Waals surface area contributed by atoms with Crippen LogP contribution >= 0.6 is 0 Å². The number of rotatable bonds is 5. The Hall–Kier alpha value is -2.66. The van der Waals surface area contributed by atoms with Crippen molar-refractivity contribution < 1.29 is 9.18 Å². The van der Waals surface area contributed by atoms with Gasteiger partial charge < -0.3 is 9.88 Å². The molecule has 29 heavy (non-hydrogen) atoms. The molecule has 1 N–H and O–H groups in total. The molecule has 4 rings (SSSR count). The number of nitrogens with one attached hydrogen (secondary N) is 1. The van der Waals surface area contributed by atoms with Gasteiger partial charge in [-0.1, -0.05) is 43.2 Å². The third-order valence-electron chi connectivity index (χ3n) is 5.96. The highest BCUT2D eigenvalue weighted by Gasteiger charge is 2.23. The summed E-state index contributed by atoms with van der Waals surface area (Å²) >= 11 is 0. The molecule has 1 aromatic heterocycles. The van der Waals surface area contributed by atoms with Crippen molar-refractivity contribution in [2.75, 3.05) is 19.6 Å². The first-order chi connectivity index (χ1) is 14.1. The molecule has 0 spiro atoms. The van der Waals surface area contributed by atoms with Crippen LogP contribution in [0.5, 0.6) is 0 Å². The maximum atomic E-state index is 13.5. The lowest BCUT2D eigenvalue weighted by Gasteiger charge is -2.31. The number of carbonyl (C=O) groups is 1. The second kappa shape index (κ2) is 8.78. The van der Waals surface area contributed by atoms with Gasteiger partial charge in [-0.15, -0.1) is 0 Å². The molecule has 0 unspecified atom stereocenters. The summed E-state index contributed by atoms with van der Waals surface area (Å²) in [5, 5.41) is 3.88. The highest BCUT2D eigenvalue weighted by Crippen LogP contribution is 2.24. The molecule has 1 atom stereocenters. The Kier molecular flexibility index (Phi) is 5.95. The summed E-state index contributed by atoms with van der Waals surface area (Å²) in [5.74, 6) is -0.416. The molecule has 0 aliphatic carbocycles. The summed E-state index contributed by atoms with van der Waals surface area (Å²) in [6.07, 6.45) is 4.95. The fraction of sp³-hybridized carbons (Fsp3) is 0.375. The number of hydrogen-bond acceptors (Lipinski definition) is 2. The quantitative estimate of drug-likeness (QED) is 0.684. The van der Waals surface area contributed by atoms with Crippen molar-refractivity contribution in [1.29, 1.82) is 0 Å². The number of likely N-dealkylation sites (tertiary alicyclic amines) is 1. The zero-order valence-corrected chi connectivity index (χ0v) is 16.9. The number of halogens is 1. The van der Waals surface area contributed by atoms with Crippen LogP contribution in [0.3, 0.4) is 0 Å². The summed E-state index contributed by atoms with van der Waals surface area (Å²) in [4.78, 5) is 15.5. The number of amides is 1. The number of carbonyl (C=O) groups excluding carboxylic acids is 1. The normalized spacial score (nSPS) is 16.5. The second-order valence-corrected chi connectivity index (χ2v) is 7.88. The van der Waals surface area contributed by atoms with E-state index in [1.165, 1.54) is 43.4 Å². The van der Waals surface area contributed by atoms with E-state index in [-0.39, 0.29) is 17.8 Å². The van der Waals surface area contributed by atoms with Crippen LogP contribution in [0, 0.1) is 5.82 Å². The average molecular weight is 394 g/mol. The van der Waals surface area contributed by atoms with Gasteiger partial charge in [0.2, 0.25) is 0 Å². The number of aryl methyl sites for hydroxylation is 1. The molecule has 1 amide bonds. The van der Waals surface area contributed by atoms with Crippen LogP contribution in [0.4, 0.5) is 4.39 Å². The zero-order valence-electron chi connectivity index (χ0n) is 16.9. The highest BCUT2D eigenvalue weighted by molar-refractivity contribution is 5.98. The Balaban J connectivity index is 1.54. The van der Waals surface area contributed by atoms with Gasteiger partial charge in [0.15, 0.2) is 0 Å². The summed E-state index contributed by atoms with van der Waals surface area (Å²) < 4.78 is 15.4. The Labute approximate surface area is 171 Å². The summed E-state index contributed by atoms with van der Waals surface area (Å²) in [6, 6.07) is 16.9. The summed E-state index contributed by atoms with van der Waals surface area (Å²) in [6.45, 7) is 2.67. The fourth-order valence-electron chi connectivity index (χ4n) is 4.36. The van der Waals surface area contributed by atoms with Gasteiger partial charge in [0, 0.05) is 24.5 Å². The minimum Gasteiger partial charge on any atom is -0.349 e. The van der Waals surface area contributed by atoms with Gasteiger partial charge in [-0.25, -0.2) is 4.39 Å². The lowest BCUT2D eigenvalue weighted by molar-refractivity contribution is 0.0925. The largest absolute Gasteiger partial charge is 0.349 e. The SMILES string of the molecule is Cn1c(C(=O)NC[C@H](c2ccccc2)N2CCCCCC2)cc2cc(F)ccc21. The topological polar surface area (TPSA) is 37.3 Å². The molecule has 1 aliphatic heterocycles. The first kappa shape index (κ1) is 19.6. The first-order valence-electron chi connectivity index (χ1n) is 10.5. The van der Waals surface area contributed by atoms with Crippen molar-refractivity contribution in [2.24, 2.45) is 7.05 Å². The van der Waals surface area contributed by atoms with E-state index in [1.807, 2.05) is 17.7 Å². The molecule has 1 saturated heterocycles. The zero-order chi connectivity index (χ0) is 20.2. The van der Waals surface area contributed by atoms with E-state index < -0.39 is 0 Å². The molecule has 0 saturated carbocycles. The van der Waals surface area contributed by atoms with Crippen LogP contribution in [0.2, 0.25) is 0 Å². The molecular weight excluding hydrogens is 365 g/mol. The van der Waals surface area contributed by atoms with Crippen LogP contribution in [-0.4, -0.2) is 35.0 Å². The molecule has 5 heteroatoms. The van der Waals surface area contributed by atoms with Gasteiger partial charge >= 0.3 is 0 Å². The van der Waals surface area contributed by atoms with Crippen molar-refractivity contribution in [3.05, 3.63) is 71.7 Å². The first-order valence-corrected chi connectivity index (χ1v) is 10.5. The molecule has 2 aromatic carbocycles. The predicted octanol–water partition coefficient (Wildman–Crippen LogP) is 4.66. The van der Waals surface area contributed by atoms with Crippen LogP contribution < -0.4 is 5.32 Å². The number of aromatic nitrogens is 1. The molecule has 3 aromatic rings. The molecule has 0 bridgehead atoms. The van der Waals surface area contributed by atoms with Crippen molar-refractivity contribution >= 4 is 16.8 Å². The minimum absolute atomic E-state index is 0.125. The van der Waals surface area contributed by atoms with Crippen molar-refractivity contribution in [3.8, 4) is 0 Å². The molecule has 0 radical (unpaired) electrons. The maximum Gasteiger partial charge on any atom is 0.267 e. The van der Waals surface area contributed by atoms with Crippen LogP contribution in [-0.2, 0) is 7.05 Å². The van der Waals surface area contributed by atoms with Crippen LogP contribution in [0.1, 0.15) is 47.8 Å². The summed E-state index contributed by atoms with van der Waals surface area (Å²) in [7, 11) is 1.85. The van der Waals surface area contributed by atoms with Crippen LogP contribution in [0.25, 0.3) is 10.9 Å². The number of fused-ring (bicyclic) bond motifs is 1. The lowest BCUT2D eigenvalue weighted by atomic mass is 10.0. The third kappa shape index (κ3) is 4.35. The third-order valence-corrected chi connectivity index (χ3v) is 5.96. The fourth-order valence-corrected chi connectivity index (χ4v) is 4.36. The maximum absolute atomic E-state index is 13.5. The molecular formula is C24H28FN3O. The molecule has 4 nitrogen and oxygen atoms in total. The van der Waals surface area contributed by atoms with Gasteiger partial charge in [-0.2, -0.15) is 0 Å². The van der Waals surface area contributed by atoms with Gasteiger partial charge in [0.1, 0.15) is 11.5 Å². The molecule has 1 fully saturated rings.